The molecule has 0 saturated carbocycles. The highest BCUT2D eigenvalue weighted by Crippen LogP contribution is 2.21. The van der Waals surface area contributed by atoms with Crippen LogP contribution in [0.25, 0.3) is 0 Å². The average Bonchev–Trinajstić information content (AvgIpc) is 2.48. The summed E-state index contributed by atoms with van der Waals surface area (Å²) in [5.41, 5.74) is 6.64. The summed E-state index contributed by atoms with van der Waals surface area (Å²) in [5, 5.41) is 0. The Labute approximate surface area is 127 Å². The molecule has 0 unspecified atom stereocenters. The maximum absolute atomic E-state index is 12.8. The van der Waals surface area contributed by atoms with Crippen molar-refractivity contribution in [3.8, 4) is 0 Å². The Bertz CT molecular complexity index is 464. The molecule has 1 heterocycles. The maximum atomic E-state index is 12.8. The predicted octanol–water partition coefficient (Wildman–Crippen LogP) is 1.85. The number of hydrogen-bond acceptors (Lipinski definition) is 3. The van der Waals surface area contributed by atoms with E-state index >= 15 is 0 Å². The lowest BCUT2D eigenvalue weighted by atomic mass is 9.97. The van der Waals surface area contributed by atoms with Gasteiger partial charge >= 0.3 is 0 Å². The molecule has 1 aliphatic heterocycles. The summed E-state index contributed by atoms with van der Waals surface area (Å²) in [5.74, 6) is 0.202. The van der Waals surface area contributed by atoms with Gasteiger partial charge in [0.25, 0.3) is 0 Å². The average molecular weight is 289 g/mol. The molecule has 0 spiro atoms. The number of likely N-dealkylation sites (tertiary alicyclic amines) is 1. The van der Waals surface area contributed by atoms with Crippen molar-refractivity contribution in [3.05, 3.63) is 35.9 Å². The van der Waals surface area contributed by atoms with Gasteiger partial charge < -0.3 is 10.6 Å². The lowest BCUT2D eigenvalue weighted by Gasteiger charge is -2.40. The minimum atomic E-state index is -0.503. The van der Waals surface area contributed by atoms with E-state index in [1.807, 2.05) is 44.0 Å². The van der Waals surface area contributed by atoms with Gasteiger partial charge in [-0.05, 0) is 39.3 Å². The highest BCUT2D eigenvalue weighted by atomic mass is 16.2. The van der Waals surface area contributed by atoms with E-state index in [4.69, 9.17) is 5.73 Å². The SMILES string of the molecule is CN(Cc1ccccc1)C(C)(C)C(=O)N1CCC(N)CC1. The molecular weight excluding hydrogens is 262 g/mol. The van der Waals surface area contributed by atoms with E-state index in [9.17, 15) is 4.79 Å². The van der Waals surface area contributed by atoms with E-state index in [2.05, 4.69) is 17.0 Å². The first-order chi connectivity index (χ1) is 9.91. The highest BCUT2D eigenvalue weighted by Gasteiger charge is 2.36. The van der Waals surface area contributed by atoms with Crippen LogP contribution in [0.5, 0.6) is 0 Å². The fourth-order valence-corrected chi connectivity index (χ4v) is 2.71. The third kappa shape index (κ3) is 3.83. The standard InChI is InChI=1S/C17H27N3O/c1-17(2,16(21)20-11-9-15(18)10-12-20)19(3)13-14-7-5-4-6-8-14/h4-8,15H,9-13,18H2,1-3H3. The summed E-state index contributed by atoms with van der Waals surface area (Å²) in [6.07, 6.45) is 1.81. The van der Waals surface area contributed by atoms with E-state index < -0.39 is 5.54 Å². The zero-order chi connectivity index (χ0) is 15.5. The second kappa shape index (κ2) is 6.58. The van der Waals surface area contributed by atoms with Gasteiger partial charge in [-0.25, -0.2) is 0 Å². The Hall–Kier alpha value is -1.39. The Morgan fingerprint density at radius 1 is 1.29 bits per heavy atom. The topological polar surface area (TPSA) is 49.6 Å². The molecule has 2 rings (SSSR count). The Morgan fingerprint density at radius 3 is 2.43 bits per heavy atom. The second-order valence-corrected chi connectivity index (χ2v) is 6.53. The van der Waals surface area contributed by atoms with Crippen molar-refractivity contribution >= 4 is 5.91 Å². The number of carbonyl (C=O) groups is 1. The largest absolute Gasteiger partial charge is 0.341 e. The van der Waals surface area contributed by atoms with Gasteiger partial charge in [0.1, 0.15) is 0 Å². The third-order valence-electron chi connectivity index (χ3n) is 4.57. The van der Waals surface area contributed by atoms with E-state index in [0.29, 0.717) is 0 Å². The molecule has 1 amide bonds. The molecule has 2 N–H and O–H groups in total. The number of nitrogens with zero attached hydrogens (tertiary/aromatic N) is 2. The number of hydrogen-bond donors (Lipinski definition) is 1. The lowest BCUT2D eigenvalue weighted by Crippen LogP contribution is -2.56. The van der Waals surface area contributed by atoms with E-state index in [0.717, 1.165) is 32.5 Å². The monoisotopic (exact) mass is 289 g/mol. The minimum Gasteiger partial charge on any atom is -0.341 e. The normalized spacial score (nSPS) is 17.3. The minimum absolute atomic E-state index is 0.202. The Balaban J connectivity index is 2.00. The summed E-state index contributed by atoms with van der Waals surface area (Å²) in [4.78, 5) is 16.9. The van der Waals surface area contributed by atoms with Crippen LogP contribution in [-0.4, -0.2) is 47.4 Å². The van der Waals surface area contributed by atoms with Crippen LogP contribution in [0.4, 0.5) is 0 Å². The van der Waals surface area contributed by atoms with Gasteiger partial charge in [-0.3, -0.25) is 9.69 Å². The van der Waals surface area contributed by atoms with Crippen molar-refractivity contribution in [3.63, 3.8) is 0 Å². The van der Waals surface area contributed by atoms with Crippen molar-refractivity contribution in [2.45, 2.75) is 44.8 Å². The summed E-state index contributed by atoms with van der Waals surface area (Å²) in [6.45, 7) is 6.35. The first-order valence-corrected chi connectivity index (χ1v) is 7.71. The predicted molar refractivity (Wildman–Crippen MR) is 85.8 cm³/mol. The van der Waals surface area contributed by atoms with Crippen LogP contribution in [0.3, 0.4) is 0 Å². The van der Waals surface area contributed by atoms with Crippen LogP contribution >= 0.6 is 0 Å². The molecule has 0 aliphatic carbocycles. The number of benzene rings is 1. The second-order valence-electron chi connectivity index (χ2n) is 6.53. The van der Waals surface area contributed by atoms with Crippen molar-refractivity contribution in [1.29, 1.82) is 0 Å². The Morgan fingerprint density at radius 2 is 1.86 bits per heavy atom. The quantitative estimate of drug-likeness (QED) is 0.920. The van der Waals surface area contributed by atoms with Crippen LogP contribution in [0.15, 0.2) is 30.3 Å². The van der Waals surface area contributed by atoms with Gasteiger partial charge in [-0.15, -0.1) is 0 Å². The summed E-state index contributed by atoms with van der Waals surface area (Å²) in [7, 11) is 2.01. The number of rotatable bonds is 4. The number of nitrogens with two attached hydrogens (primary N) is 1. The molecule has 1 fully saturated rings. The molecule has 4 heteroatoms. The van der Waals surface area contributed by atoms with E-state index in [1.165, 1.54) is 5.56 Å². The zero-order valence-electron chi connectivity index (χ0n) is 13.4. The summed E-state index contributed by atoms with van der Waals surface area (Å²) >= 11 is 0. The van der Waals surface area contributed by atoms with Crippen molar-refractivity contribution < 1.29 is 4.79 Å². The fraction of sp³-hybridized carbons (Fsp3) is 0.588. The molecule has 1 aromatic carbocycles. The lowest BCUT2D eigenvalue weighted by molar-refractivity contribution is -0.143. The van der Waals surface area contributed by atoms with Gasteiger partial charge in [0.05, 0.1) is 5.54 Å². The molecule has 1 aromatic rings. The molecule has 0 radical (unpaired) electrons. The molecule has 1 aliphatic rings. The summed E-state index contributed by atoms with van der Waals surface area (Å²) < 4.78 is 0. The van der Waals surface area contributed by atoms with Crippen LogP contribution in [0.2, 0.25) is 0 Å². The molecule has 1 saturated heterocycles. The van der Waals surface area contributed by atoms with Gasteiger partial charge in [0, 0.05) is 25.7 Å². The molecular formula is C17H27N3O. The van der Waals surface area contributed by atoms with Gasteiger partial charge in [0.15, 0.2) is 0 Å². The van der Waals surface area contributed by atoms with Crippen LogP contribution < -0.4 is 5.73 Å². The van der Waals surface area contributed by atoms with Crippen LogP contribution in [0, 0.1) is 0 Å². The summed E-state index contributed by atoms with van der Waals surface area (Å²) in [6, 6.07) is 10.5. The molecule has 0 atom stereocenters. The zero-order valence-corrected chi connectivity index (χ0v) is 13.4. The van der Waals surface area contributed by atoms with Crippen molar-refractivity contribution in [2.24, 2.45) is 5.73 Å². The van der Waals surface area contributed by atoms with Crippen molar-refractivity contribution in [2.75, 3.05) is 20.1 Å². The first-order valence-electron chi connectivity index (χ1n) is 7.71. The number of piperidine rings is 1. The van der Waals surface area contributed by atoms with Gasteiger partial charge in [-0.2, -0.15) is 0 Å². The van der Waals surface area contributed by atoms with Crippen molar-refractivity contribution in [1.82, 2.24) is 9.80 Å². The molecule has 0 bridgehead atoms. The van der Waals surface area contributed by atoms with Crippen LogP contribution in [-0.2, 0) is 11.3 Å². The molecule has 21 heavy (non-hydrogen) atoms. The van der Waals surface area contributed by atoms with Gasteiger partial charge in [-0.1, -0.05) is 30.3 Å². The maximum Gasteiger partial charge on any atom is 0.242 e. The van der Waals surface area contributed by atoms with E-state index in [-0.39, 0.29) is 11.9 Å². The fourth-order valence-electron chi connectivity index (χ4n) is 2.71. The molecule has 4 nitrogen and oxygen atoms in total. The third-order valence-corrected chi connectivity index (χ3v) is 4.57. The number of amides is 1. The van der Waals surface area contributed by atoms with Crippen LogP contribution in [0.1, 0.15) is 32.3 Å². The van der Waals surface area contributed by atoms with Gasteiger partial charge in [0.2, 0.25) is 5.91 Å². The number of carbonyl (C=O) groups excluding carboxylic acids is 1. The first kappa shape index (κ1) is 16.0. The molecule has 116 valence electrons. The smallest absolute Gasteiger partial charge is 0.242 e. The number of likely N-dealkylation sites (N-methyl/N-ethyl adjacent to an activating group) is 1. The molecule has 0 aromatic heterocycles. The highest BCUT2D eigenvalue weighted by molar-refractivity contribution is 5.85. The van der Waals surface area contributed by atoms with E-state index in [1.54, 1.807) is 0 Å². The Kier molecular flexibility index (Phi) is 5.01.